The predicted molar refractivity (Wildman–Crippen MR) is 180 cm³/mol. The molecule has 1 aromatic carbocycles. The van der Waals surface area contributed by atoms with Crippen LogP contribution in [0.2, 0.25) is 0 Å². The Morgan fingerprint density at radius 2 is 2.00 bits per heavy atom. The van der Waals surface area contributed by atoms with Gasteiger partial charge in [0, 0.05) is 25.2 Å². The first-order chi connectivity index (χ1) is 23.9. The number of likely N-dealkylation sites (tertiary alicyclic amines) is 1. The van der Waals surface area contributed by atoms with Crippen LogP contribution in [0.5, 0.6) is 11.5 Å². The summed E-state index contributed by atoms with van der Waals surface area (Å²) in [5.41, 5.74) is 11.0. The number of nitrogens with zero attached hydrogens (tertiary/aromatic N) is 2. The largest absolute Gasteiger partial charge is 0.493 e. The van der Waals surface area contributed by atoms with Crippen molar-refractivity contribution in [3.05, 3.63) is 35.1 Å². The minimum absolute atomic E-state index is 0.0297. The minimum atomic E-state index is -1.32. The van der Waals surface area contributed by atoms with Gasteiger partial charge in [-0.15, -0.1) is 0 Å². The minimum Gasteiger partial charge on any atom is -0.493 e. The first-order valence-electron chi connectivity index (χ1n) is 17.5. The van der Waals surface area contributed by atoms with Crippen LogP contribution in [0.3, 0.4) is 0 Å². The molecular weight excluding hydrogens is 648 g/mol. The number of benzene rings is 1. The standard InChI is InChI=1S/C35H48N6O9/c1-19-10-12-34-28-20-8-9-24(48-2)29(28)50-30(34)25(11-13-35(34,47)22(19)16-20)49-33(46)41-15-4-3-6-21(41)18-39-31(45)23(7-5-14-38-32(36)37)40-26(42)17-27(43)44/h8-9,11,19,21-23,30,47H,3-7,10,12-18H2,1-2H3,(H,39,45)(H,40,42)(H,43,44)(H4,36,37,38)/t19-,21?,22+,23+,30+,34+,35-/m1/s1. The van der Waals surface area contributed by atoms with Gasteiger partial charge in [0.05, 0.1) is 24.2 Å². The fraction of sp³-hybridized carbons (Fsp3) is 0.629. The van der Waals surface area contributed by atoms with Gasteiger partial charge in [0.2, 0.25) is 11.8 Å². The molecule has 50 heavy (non-hydrogen) atoms. The highest BCUT2D eigenvalue weighted by molar-refractivity contribution is 5.96. The molecule has 2 heterocycles. The van der Waals surface area contributed by atoms with E-state index in [4.69, 9.17) is 30.8 Å². The van der Waals surface area contributed by atoms with Crippen LogP contribution < -0.4 is 31.6 Å². The lowest BCUT2D eigenvalue weighted by Crippen LogP contribution is -2.69. The van der Waals surface area contributed by atoms with Gasteiger partial charge in [-0.2, -0.15) is 0 Å². The van der Waals surface area contributed by atoms with E-state index >= 15 is 0 Å². The zero-order valence-electron chi connectivity index (χ0n) is 28.6. The van der Waals surface area contributed by atoms with E-state index in [1.165, 1.54) is 0 Å². The number of rotatable bonds is 12. The van der Waals surface area contributed by atoms with E-state index in [0.29, 0.717) is 55.4 Å². The van der Waals surface area contributed by atoms with Crippen LogP contribution in [0.15, 0.2) is 29.0 Å². The van der Waals surface area contributed by atoms with Gasteiger partial charge in [0.1, 0.15) is 18.2 Å². The molecule has 0 aromatic heterocycles. The molecule has 6 rings (SSSR count). The van der Waals surface area contributed by atoms with Gasteiger partial charge >= 0.3 is 12.1 Å². The van der Waals surface area contributed by atoms with Crippen LogP contribution in [-0.2, 0) is 31.0 Å². The molecular formula is C35H48N6O9. The number of carboxylic acid groups (broad SMARTS) is 1. The van der Waals surface area contributed by atoms with Crippen molar-refractivity contribution in [2.75, 3.05) is 26.7 Å². The normalized spacial score (nSPS) is 29.3. The summed E-state index contributed by atoms with van der Waals surface area (Å²) in [5.74, 6) is -0.830. The Labute approximate surface area is 290 Å². The van der Waals surface area contributed by atoms with Crippen molar-refractivity contribution in [1.82, 2.24) is 15.5 Å². The van der Waals surface area contributed by atoms with Gasteiger partial charge in [-0.25, -0.2) is 4.79 Å². The van der Waals surface area contributed by atoms with Gasteiger partial charge < -0.3 is 51.4 Å². The monoisotopic (exact) mass is 696 g/mol. The van der Waals surface area contributed by atoms with Gasteiger partial charge in [-0.3, -0.25) is 19.4 Å². The molecule has 272 valence electrons. The lowest BCUT2D eigenvalue weighted by molar-refractivity contribution is -0.165. The number of aliphatic imine (C=N–C) groups is 1. The number of methoxy groups -OCH3 is 1. The van der Waals surface area contributed by atoms with E-state index in [1.807, 2.05) is 12.1 Å². The summed E-state index contributed by atoms with van der Waals surface area (Å²) in [6.45, 7) is 2.94. The van der Waals surface area contributed by atoms with Crippen LogP contribution >= 0.6 is 0 Å². The zero-order valence-corrected chi connectivity index (χ0v) is 28.6. The van der Waals surface area contributed by atoms with Crippen molar-refractivity contribution in [3.63, 3.8) is 0 Å². The van der Waals surface area contributed by atoms with Crippen molar-refractivity contribution in [2.24, 2.45) is 28.3 Å². The number of hydrogen-bond acceptors (Lipinski definition) is 9. The SMILES string of the molecule is COc1ccc2c3c1O[C@H]1C(OC(=O)N4CCCCC4CNC(=O)[C@H](CCCN=C(N)N)NC(=O)CC(=O)O)=CC[C@@]4(O)[C@@H](C2)[C@H](C)CC[C@]314. The second-order valence-electron chi connectivity index (χ2n) is 14.3. The molecule has 3 amide bonds. The van der Waals surface area contributed by atoms with Crippen LogP contribution in [0, 0.1) is 11.8 Å². The number of hydrogen-bond donors (Lipinski definition) is 6. The molecule has 3 aliphatic carbocycles. The van der Waals surface area contributed by atoms with E-state index in [2.05, 4.69) is 28.6 Å². The van der Waals surface area contributed by atoms with E-state index in [9.17, 15) is 24.3 Å². The molecule has 7 atom stereocenters. The predicted octanol–water partition coefficient (Wildman–Crippen LogP) is 1.44. The van der Waals surface area contributed by atoms with E-state index in [-0.39, 0.29) is 37.4 Å². The first-order valence-corrected chi connectivity index (χ1v) is 17.5. The van der Waals surface area contributed by atoms with Crippen LogP contribution in [0.1, 0.15) is 75.8 Å². The quantitative estimate of drug-likeness (QED) is 0.0793. The number of carbonyl (C=O) groups excluding carboxylic acids is 3. The second-order valence-corrected chi connectivity index (χ2v) is 14.3. The number of aliphatic carboxylic acids is 1. The molecule has 1 spiro atoms. The number of ether oxygens (including phenoxy) is 3. The van der Waals surface area contributed by atoms with Gasteiger partial charge in [-0.05, 0) is 87.3 Å². The highest BCUT2D eigenvalue weighted by atomic mass is 16.6. The molecule has 15 heteroatoms. The Kier molecular flexibility index (Phi) is 9.89. The summed E-state index contributed by atoms with van der Waals surface area (Å²) in [7, 11) is 1.59. The molecule has 2 bridgehead atoms. The molecule has 1 unspecified atom stereocenters. The molecule has 0 radical (unpaired) electrons. The van der Waals surface area contributed by atoms with Crippen molar-refractivity contribution >= 4 is 29.8 Å². The molecule has 8 N–H and O–H groups in total. The summed E-state index contributed by atoms with van der Waals surface area (Å²) in [5, 5.41) is 26.9. The van der Waals surface area contributed by atoms with Gasteiger partial charge in [0.15, 0.2) is 23.6 Å². The number of carbonyl (C=O) groups is 4. The summed E-state index contributed by atoms with van der Waals surface area (Å²) >= 11 is 0. The third kappa shape index (κ3) is 6.20. The number of aliphatic hydroxyl groups is 1. The Morgan fingerprint density at radius 3 is 2.74 bits per heavy atom. The summed E-state index contributed by atoms with van der Waals surface area (Å²) in [6.07, 6.45) is 5.16. The fourth-order valence-electron chi connectivity index (χ4n) is 9.07. The number of nitrogens with two attached hydrogens (primary N) is 2. The highest BCUT2D eigenvalue weighted by Gasteiger charge is 2.72. The van der Waals surface area contributed by atoms with E-state index in [1.54, 1.807) is 12.0 Å². The lowest BCUT2D eigenvalue weighted by atomic mass is 9.45. The fourth-order valence-corrected chi connectivity index (χ4v) is 9.07. The molecule has 15 nitrogen and oxygen atoms in total. The number of amides is 3. The first kappa shape index (κ1) is 35.3. The van der Waals surface area contributed by atoms with Crippen molar-refractivity contribution < 1.29 is 43.6 Å². The maximum atomic E-state index is 13.9. The smallest absolute Gasteiger partial charge is 0.415 e. The summed E-state index contributed by atoms with van der Waals surface area (Å²) in [6, 6.07) is 2.56. The van der Waals surface area contributed by atoms with E-state index < -0.39 is 53.5 Å². The third-order valence-electron chi connectivity index (χ3n) is 11.4. The Morgan fingerprint density at radius 1 is 1.20 bits per heavy atom. The zero-order chi connectivity index (χ0) is 35.8. The number of carboxylic acids is 1. The van der Waals surface area contributed by atoms with Crippen molar-refractivity contribution in [1.29, 1.82) is 0 Å². The average Bonchev–Trinajstić information content (AvgIpc) is 3.43. The maximum Gasteiger partial charge on any atom is 0.415 e. The van der Waals surface area contributed by atoms with Gasteiger partial charge in [0.25, 0.3) is 0 Å². The lowest BCUT2D eigenvalue weighted by Gasteiger charge is -2.61. The Hall–Kier alpha value is -4.53. The number of piperidine rings is 1. The summed E-state index contributed by atoms with van der Waals surface area (Å²) < 4.78 is 18.5. The molecule has 2 fully saturated rings. The molecule has 1 aromatic rings. The summed E-state index contributed by atoms with van der Waals surface area (Å²) in [4.78, 5) is 56.0. The highest BCUT2D eigenvalue weighted by Crippen LogP contribution is 2.68. The average molecular weight is 697 g/mol. The topological polar surface area (TPSA) is 228 Å². The van der Waals surface area contributed by atoms with Crippen LogP contribution in [-0.4, -0.2) is 95.5 Å². The molecule has 1 saturated carbocycles. The van der Waals surface area contributed by atoms with E-state index in [0.717, 1.165) is 36.8 Å². The van der Waals surface area contributed by atoms with Crippen molar-refractivity contribution in [3.8, 4) is 11.5 Å². The number of nitrogens with one attached hydrogen (secondary N) is 2. The third-order valence-corrected chi connectivity index (χ3v) is 11.4. The molecule has 1 saturated heterocycles. The number of guanidine groups is 1. The Bertz CT molecular complexity index is 1590. The second kappa shape index (κ2) is 14.0. The molecule has 2 aliphatic heterocycles. The van der Waals surface area contributed by atoms with Gasteiger partial charge in [-0.1, -0.05) is 13.0 Å². The van der Waals surface area contributed by atoms with Crippen LogP contribution in [0.4, 0.5) is 4.79 Å². The van der Waals surface area contributed by atoms with Crippen LogP contribution in [0.25, 0.3) is 0 Å². The Balaban J connectivity index is 1.17. The maximum absolute atomic E-state index is 13.9. The van der Waals surface area contributed by atoms with Crippen molar-refractivity contribution in [2.45, 2.75) is 100 Å². The molecule has 5 aliphatic rings.